The Balaban J connectivity index is 0.969. The normalized spacial score (nSPS) is 16.6. The summed E-state index contributed by atoms with van der Waals surface area (Å²) < 4.78 is 23.4. The van der Waals surface area contributed by atoms with Gasteiger partial charge in [-0.2, -0.15) is 0 Å². The maximum atomic E-state index is 13.0. The molecule has 0 bridgehead atoms. The molecule has 7 rings (SSSR count). The largest absolute Gasteiger partial charge is 0.493 e. The first kappa shape index (κ1) is 32.5. The fraction of sp³-hybridized carbons (Fsp3) is 0.270. The molecule has 252 valence electrons. The number of thioether (sulfide) groups is 1. The first-order valence-electron chi connectivity index (χ1n) is 16.2. The van der Waals surface area contributed by atoms with Crippen molar-refractivity contribution in [2.45, 2.75) is 11.8 Å². The highest BCUT2D eigenvalue weighted by molar-refractivity contribution is 8.00. The quantitative estimate of drug-likeness (QED) is 0.149. The molecule has 0 spiro atoms. The lowest BCUT2D eigenvalue weighted by atomic mass is 10.1. The highest BCUT2D eigenvalue weighted by Gasteiger charge is 2.34. The predicted molar refractivity (Wildman–Crippen MR) is 190 cm³/mol. The number of nitrogens with one attached hydrogen (secondary N) is 2. The molecule has 2 saturated heterocycles. The summed E-state index contributed by atoms with van der Waals surface area (Å²) in [5.74, 6) is 2.52. The molecule has 11 nitrogen and oxygen atoms in total. The Kier molecular flexibility index (Phi) is 9.96. The highest BCUT2D eigenvalue weighted by atomic mass is 32.2. The second-order valence-corrected chi connectivity index (χ2v) is 12.8. The van der Waals surface area contributed by atoms with E-state index in [0.717, 1.165) is 61.0 Å². The molecule has 49 heavy (non-hydrogen) atoms. The van der Waals surface area contributed by atoms with Crippen molar-refractivity contribution < 1.29 is 28.5 Å². The molecule has 1 atom stereocenters. The predicted octanol–water partition coefficient (Wildman–Crippen LogP) is 6.60. The Morgan fingerprint density at radius 1 is 0.959 bits per heavy atom. The van der Waals surface area contributed by atoms with Crippen molar-refractivity contribution in [2.75, 3.05) is 57.6 Å². The summed E-state index contributed by atoms with van der Waals surface area (Å²) in [6.45, 7) is 4.99. The van der Waals surface area contributed by atoms with E-state index < -0.39 is 6.03 Å². The first-order valence-corrected chi connectivity index (χ1v) is 17.3. The summed E-state index contributed by atoms with van der Waals surface area (Å²) in [5, 5.41) is 6.86. The molecule has 1 unspecified atom stereocenters. The standard InChI is InChI=1S/C37H37N5O6S/c1-45-33-22-30-31(23-34(33)47-18-4-15-41-16-19-46-20-17-41)38-14-13-32(30)48-29-11-9-28(10-12-29)39-37(44)40-42-35(43)24-49-36(42)27-8-7-25-5-2-3-6-26(25)21-27/h2-3,5-14,21-23,36H,4,15-20,24H2,1H3,(H2,39,40,44). The van der Waals surface area contributed by atoms with Crippen LogP contribution in [0.3, 0.4) is 0 Å². The van der Waals surface area contributed by atoms with Gasteiger partial charge in [0.25, 0.3) is 5.91 Å². The summed E-state index contributed by atoms with van der Waals surface area (Å²) in [6, 6.07) is 26.2. The van der Waals surface area contributed by atoms with E-state index >= 15 is 0 Å². The van der Waals surface area contributed by atoms with Gasteiger partial charge in [-0.15, -0.1) is 11.8 Å². The van der Waals surface area contributed by atoms with Crippen LogP contribution in [0.2, 0.25) is 0 Å². The van der Waals surface area contributed by atoms with Gasteiger partial charge >= 0.3 is 6.03 Å². The maximum absolute atomic E-state index is 13.0. The maximum Gasteiger partial charge on any atom is 0.338 e. The Bertz CT molecular complexity index is 1950. The number of morpholine rings is 1. The summed E-state index contributed by atoms with van der Waals surface area (Å²) in [4.78, 5) is 32.6. The van der Waals surface area contributed by atoms with Crippen molar-refractivity contribution in [1.82, 2.24) is 20.3 Å². The second-order valence-electron chi connectivity index (χ2n) is 11.7. The summed E-state index contributed by atoms with van der Waals surface area (Å²) in [7, 11) is 1.61. The molecule has 2 aliphatic heterocycles. The Morgan fingerprint density at radius 3 is 2.59 bits per heavy atom. The minimum Gasteiger partial charge on any atom is -0.493 e. The molecular weight excluding hydrogens is 643 g/mol. The van der Waals surface area contributed by atoms with Gasteiger partial charge in [0, 0.05) is 43.0 Å². The fourth-order valence-corrected chi connectivity index (χ4v) is 7.04. The van der Waals surface area contributed by atoms with Gasteiger partial charge in [0.1, 0.15) is 16.9 Å². The van der Waals surface area contributed by atoms with Crippen LogP contribution in [0.5, 0.6) is 23.0 Å². The Morgan fingerprint density at radius 2 is 1.78 bits per heavy atom. The summed E-state index contributed by atoms with van der Waals surface area (Å²) in [5.41, 5.74) is 4.95. The molecular formula is C37H37N5O6S. The zero-order chi connectivity index (χ0) is 33.6. The number of rotatable bonds is 11. The van der Waals surface area contributed by atoms with Crippen molar-refractivity contribution in [1.29, 1.82) is 0 Å². The van der Waals surface area contributed by atoms with E-state index in [1.54, 1.807) is 43.6 Å². The van der Waals surface area contributed by atoms with E-state index in [-0.39, 0.29) is 17.0 Å². The number of hydrogen-bond acceptors (Lipinski definition) is 9. The summed E-state index contributed by atoms with van der Waals surface area (Å²) in [6.07, 6.45) is 2.58. The highest BCUT2D eigenvalue weighted by Crippen LogP contribution is 2.39. The third kappa shape index (κ3) is 7.67. The van der Waals surface area contributed by atoms with Crippen LogP contribution in [0.25, 0.3) is 21.7 Å². The van der Waals surface area contributed by atoms with Crippen LogP contribution in [0, 0.1) is 0 Å². The van der Waals surface area contributed by atoms with Crippen LogP contribution in [-0.2, 0) is 9.53 Å². The number of urea groups is 1. The van der Waals surface area contributed by atoms with Crippen LogP contribution in [0.15, 0.2) is 91.1 Å². The number of methoxy groups -OCH3 is 1. The minimum atomic E-state index is -0.512. The molecule has 0 saturated carbocycles. The molecule has 5 aromatic rings. The van der Waals surface area contributed by atoms with Gasteiger partial charge in [-0.3, -0.25) is 14.7 Å². The average molecular weight is 680 g/mol. The average Bonchev–Trinajstić information content (AvgIpc) is 3.49. The Hall–Kier alpha value is -5.04. The first-order chi connectivity index (χ1) is 24.0. The molecule has 2 fully saturated rings. The smallest absolute Gasteiger partial charge is 0.338 e. The molecule has 3 heterocycles. The number of carbonyl (C=O) groups excluding carboxylic acids is 2. The molecule has 4 aromatic carbocycles. The van der Waals surface area contributed by atoms with Gasteiger partial charge in [-0.25, -0.2) is 15.2 Å². The van der Waals surface area contributed by atoms with Gasteiger partial charge in [-0.05, 0) is 65.2 Å². The van der Waals surface area contributed by atoms with E-state index in [1.165, 1.54) is 16.8 Å². The van der Waals surface area contributed by atoms with Crippen LogP contribution >= 0.6 is 11.8 Å². The number of hydrogen-bond donors (Lipinski definition) is 2. The van der Waals surface area contributed by atoms with Crippen LogP contribution in [0.1, 0.15) is 17.4 Å². The molecule has 0 aliphatic carbocycles. The van der Waals surface area contributed by atoms with Gasteiger partial charge < -0.3 is 24.3 Å². The molecule has 1 aromatic heterocycles. The zero-order valence-corrected chi connectivity index (χ0v) is 27.9. The van der Waals surface area contributed by atoms with Gasteiger partial charge in [0.05, 0.1) is 38.2 Å². The lowest BCUT2D eigenvalue weighted by Crippen LogP contribution is -2.46. The van der Waals surface area contributed by atoms with E-state index in [9.17, 15) is 9.59 Å². The topological polar surface area (TPSA) is 114 Å². The van der Waals surface area contributed by atoms with Crippen molar-refractivity contribution in [3.05, 3.63) is 96.7 Å². The van der Waals surface area contributed by atoms with E-state index in [0.29, 0.717) is 40.8 Å². The Labute approximate surface area is 288 Å². The SMILES string of the molecule is COc1cc2c(Oc3ccc(NC(=O)NN4C(=O)CSC4c4ccc5ccccc5c4)cc3)ccnc2cc1OCCCN1CCOCC1. The van der Waals surface area contributed by atoms with Crippen LogP contribution in [-0.4, -0.2) is 79.1 Å². The van der Waals surface area contributed by atoms with Gasteiger partial charge in [0.2, 0.25) is 0 Å². The van der Waals surface area contributed by atoms with Gasteiger partial charge in [0.15, 0.2) is 11.5 Å². The number of ether oxygens (including phenoxy) is 4. The lowest BCUT2D eigenvalue weighted by molar-refractivity contribution is -0.130. The second kappa shape index (κ2) is 15.0. The number of aromatic nitrogens is 1. The monoisotopic (exact) mass is 679 g/mol. The number of benzene rings is 4. The molecule has 3 amide bonds. The molecule has 0 radical (unpaired) electrons. The lowest BCUT2D eigenvalue weighted by Gasteiger charge is -2.26. The van der Waals surface area contributed by atoms with Crippen molar-refractivity contribution in [3.8, 4) is 23.0 Å². The van der Waals surface area contributed by atoms with Crippen LogP contribution in [0.4, 0.5) is 10.5 Å². The third-order valence-corrected chi connectivity index (χ3v) is 9.67. The van der Waals surface area contributed by atoms with E-state index in [2.05, 4.69) is 26.7 Å². The number of fused-ring (bicyclic) bond motifs is 2. The number of pyridine rings is 1. The summed E-state index contributed by atoms with van der Waals surface area (Å²) >= 11 is 1.48. The minimum absolute atomic E-state index is 0.161. The molecule has 2 aliphatic rings. The zero-order valence-electron chi connectivity index (χ0n) is 27.1. The fourth-order valence-electron chi connectivity index (χ4n) is 5.94. The number of hydrazine groups is 1. The number of nitrogens with zero attached hydrogens (tertiary/aromatic N) is 3. The molecule has 12 heteroatoms. The third-order valence-electron chi connectivity index (χ3n) is 8.46. The van der Waals surface area contributed by atoms with Crippen molar-refractivity contribution >= 4 is 51.1 Å². The van der Waals surface area contributed by atoms with E-state index in [1.807, 2.05) is 48.5 Å². The van der Waals surface area contributed by atoms with Crippen LogP contribution < -0.4 is 25.0 Å². The number of anilines is 1. The van der Waals surface area contributed by atoms with Gasteiger partial charge in [-0.1, -0.05) is 36.4 Å². The van der Waals surface area contributed by atoms with E-state index in [4.69, 9.17) is 18.9 Å². The van der Waals surface area contributed by atoms with Crippen molar-refractivity contribution in [2.24, 2.45) is 0 Å². The number of amides is 3. The number of carbonyl (C=O) groups is 2. The molecule has 2 N–H and O–H groups in total. The van der Waals surface area contributed by atoms with Crippen molar-refractivity contribution in [3.63, 3.8) is 0 Å².